The fourth-order valence-electron chi connectivity index (χ4n) is 2.83. The Balaban J connectivity index is 1.99. The van der Waals surface area contributed by atoms with E-state index in [2.05, 4.69) is 9.97 Å². The number of nitrogens with one attached hydrogen (secondary N) is 1. The van der Waals surface area contributed by atoms with Gasteiger partial charge in [0, 0.05) is 45.1 Å². The van der Waals surface area contributed by atoms with Gasteiger partial charge >= 0.3 is 0 Å². The Bertz CT molecular complexity index is 759. The molecule has 134 valence electrons. The zero-order valence-electron chi connectivity index (χ0n) is 14.3. The first kappa shape index (κ1) is 18.6. The molecule has 1 amide bonds. The van der Waals surface area contributed by atoms with Crippen LogP contribution in [0.2, 0.25) is 0 Å². The van der Waals surface area contributed by atoms with E-state index in [0.717, 1.165) is 19.1 Å². The number of carbonyl (C=O) groups excluding carboxylic acids is 1. The number of piperidine rings is 1. The van der Waals surface area contributed by atoms with E-state index in [4.69, 9.17) is 0 Å². The van der Waals surface area contributed by atoms with Crippen LogP contribution in [0, 0.1) is 6.92 Å². The summed E-state index contributed by atoms with van der Waals surface area (Å²) in [6.45, 7) is 3.07. The molecule has 1 saturated heterocycles. The number of likely N-dealkylation sites (tertiary alicyclic amines) is 1. The minimum Gasteiger partial charge on any atom is -0.342 e. The quantitative estimate of drug-likeness (QED) is 0.804. The van der Waals surface area contributed by atoms with E-state index in [0.29, 0.717) is 24.6 Å². The molecule has 0 radical (unpaired) electrons. The van der Waals surface area contributed by atoms with Crippen LogP contribution in [0.5, 0.6) is 0 Å². The van der Waals surface area contributed by atoms with Gasteiger partial charge in [-0.15, -0.1) is 0 Å². The smallest absolute Gasteiger partial charge is 0.251 e. The third-order valence-electron chi connectivity index (χ3n) is 4.28. The van der Waals surface area contributed by atoms with Crippen LogP contribution in [0.3, 0.4) is 0 Å². The van der Waals surface area contributed by atoms with Crippen LogP contribution >= 0.6 is 0 Å². The summed E-state index contributed by atoms with van der Waals surface area (Å²) in [5.74, 6) is 0.531. The molecule has 2 heterocycles. The van der Waals surface area contributed by atoms with Crippen molar-refractivity contribution in [2.75, 3.05) is 32.9 Å². The van der Waals surface area contributed by atoms with Crippen molar-refractivity contribution in [3.63, 3.8) is 0 Å². The van der Waals surface area contributed by atoms with E-state index in [1.165, 1.54) is 17.4 Å². The number of aryl methyl sites for hydroxylation is 1. The van der Waals surface area contributed by atoms with Crippen LogP contribution in [0.1, 0.15) is 36.7 Å². The normalized spacial score (nSPS) is 18.8. The van der Waals surface area contributed by atoms with Crippen molar-refractivity contribution in [1.82, 2.24) is 19.2 Å². The molecule has 1 aromatic rings. The molecule has 1 aliphatic heterocycles. The van der Waals surface area contributed by atoms with Gasteiger partial charge in [0.1, 0.15) is 5.82 Å². The van der Waals surface area contributed by atoms with Crippen molar-refractivity contribution in [3.05, 3.63) is 27.9 Å². The van der Waals surface area contributed by atoms with Crippen molar-refractivity contribution in [1.29, 1.82) is 0 Å². The lowest BCUT2D eigenvalue weighted by Gasteiger charge is -2.33. The topological polar surface area (TPSA) is 103 Å². The van der Waals surface area contributed by atoms with Crippen molar-refractivity contribution < 1.29 is 13.2 Å². The second-order valence-electron chi connectivity index (χ2n) is 6.27. The highest BCUT2D eigenvalue weighted by Gasteiger charge is 2.26. The molecule has 8 nitrogen and oxygen atoms in total. The zero-order chi connectivity index (χ0) is 17.9. The van der Waals surface area contributed by atoms with E-state index in [1.54, 1.807) is 11.8 Å². The van der Waals surface area contributed by atoms with Crippen molar-refractivity contribution in [2.24, 2.45) is 0 Å². The summed E-state index contributed by atoms with van der Waals surface area (Å²) in [6, 6.07) is 1.49. The molecule has 1 fully saturated rings. The lowest BCUT2D eigenvalue weighted by molar-refractivity contribution is -0.132. The summed E-state index contributed by atoms with van der Waals surface area (Å²) >= 11 is 0. The number of carbonyl (C=O) groups is 1. The molecular weight excluding hydrogens is 332 g/mol. The highest BCUT2D eigenvalue weighted by atomic mass is 32.2. The van der Waals surface area contributed by atoms with E-state index in [1.807, 2.05) is 0 Å². The van der Waals surface area contributed by atoms with E-state index >= 15 is 0 Å². The van der Waals surface area contributed by atoms with Crippen LogP contribution < -0.4 is 5.56 Å². The number of hydrogen-bond acceptors (Lipinski definition) is 5. The van der Waals surface area contributed by atoms with Gasteiger partial charge in [0.25, 0.3) is 5.56 Å². The first-order chi connectivity index (χ1) is 11.2. The van der Waals surface area contributed by atoms with Crippen molar-refractivity contribution in [3.8, 4) is 0 Å². The number of aromatic amines is 1. The van der Waals surface area contributed by atoms with Gasteiger partial charge in [-0.3, -0.25) is 9.59 Å². The fourth-order valence-corrected chi connectivity index (χ4v) is 3.26. The van der Waals surface area contributed by atoms with Gasteiger partial charge in [-0.2, -0.15) is 0 Å². The van der Waals surface area contributed by atoms with Gasteiger partial charge in [-0.05, 0) is 19.8 Å². The summed E-state index contributed by atoms with van der Waals surface area (Å²) in [5, 5.41) is 0. The summed E-state index contributed by atoms with van der Waals surface area (Å²) < 4.78 is 23.9. The molecule has 0 spiro atoms. The third kappa shape index (κ3) is 4.88. The summed E-state index contributed by atoms with van der Waals surface area (Å²) in [5.41, 5.74) is 0.526. The molecule has 9 heteroatoms. The van der Waals surface area contributed by atoms with Crippen molar-refractivity contribution in [2.45, 2.75) is 32.1 Å². The van der Waals surface area contributed by atoms with Crippen molar-refractivity contribution >= 4 is 15.9 Å². The van der Waals surface area contributed by atoms with Gasteiger partial charge in [-0.1, -0.05) is 0 Å². The summed E-state index contributed by atoms with van der Waals surface area (Å²) in [7, 11) is -1.82. The maximum Gasteiger partial charge on any atom is 0.251 e. The molecule has 0 saturated carbocycles. The Hall–Kier alpha value is -1.74. The SMILES string of the molecule is Cc1nc([C@@H]2CCCN(C(=O)CCN(C)S(C)(=O)=O)C2)cc(=O)[nH]1. The Morgan fingerprint density at radius 2 is 2.21 bits per heavy atom. The van der Waals surface area contributed by atoms with E-state index < -0.39 is 10.0 Å². The van der Waals surface area contributed by atoms with Crippen LogP contribution in [0.4, 0.5) is 0 Å². The van der Waals surface area contributed by atoms with Crippen LogP contribution in [0.15, 0.2) is 10.9 Å². The number of nitrogens with zero attached hydrogens (tertiary/aromatic N) is 3. The Morgan fingerprint density at radius 1 is 1.50 bits per heavy atom. The molecule has 1 aromatic heterocycles. The predicted octanol–water partition coefficient (Wildman–Crippen LogP) is 0.0658. The van der Waals surface area contributed by atoms with E-state index in [9.17, 15) is 18.0 Å². The molecule has 0 unspecified atom stereocenters. The Morgan fingerprint density at radius 3 is 2.83 bits per heavy atom. The Labute approximate surface area is 141 Å². The highest BCUT2D eigenvalue weighted by Crippen LogP contribution is 2.25. The lowest BCUT2D eigenvalue weighted by Crippen LogP contribution is -2.41. The second kappa shape index (κ2) is 7.43. The number of H-pyrrole nitrogens is 1. The summed E-state index contributed by atoms with van der Waals surface area (Å²) in [4.78, 5) is 32.7. The Kier molecular flexibility index (Phi) is 5.76. The van der Waals surface area contributed by atoms with E-state index in [-0.39, 0.29) is 30.3 Å². The monoisotopic (exact) mass is 356 g/mol. The van der Waals surface area contributed by atoms with Gasteiger partial charge in [0.15, 0.2) is 0 Å². The molecular formula is C15H24N4O4S. The minimum atomic E-state index is -3.28. The average Bonchev–Trinajstić information content (AvgIpc) is 2.50. The number of rotatable bonds is 5. The van der Waals surface area contributed by atoms with Crippen LogP contribution in [-0.4, -0.2) is 66.4 Å². The number of amides is 1. The molecule has 1 aliphatic rings. The van der Waals surface area contributed by atoms with Gasteiger partial charge in [-0.25, -0.2) is 17.7 Å². The maximum atomic E-state index is 12.4. The number of aromatic nitrogens is 2. The molecule has 0 aromatic carbocycles. The van der Waals surface area contributed by atoms with Crippen LogP contribution in [0.25, 0.3) is 0 Å². The lowest BCUT2D eigenvalue weighted by atomic mass is 9.94. The number of hydrogen-bond donors (Lipinski definition) is 1. The van der Waals surface area contributed by atoms with Gasteiger partial charge < -0.3 is 9.88 Å². The van der Waals surface area contributed by atoms with Gasteiger partial charge in [0.05, 0.1) is 11.9 Å². The highest BCUT2D eigenvalue weighted by molar-refractivity contribution is 7.88. The average molecular weight is 356 g/mol. The maximum absolute atomic E-state index is 12.4. The molecule has 0 bridgehead atoms. The fraction of sp³-hybridized carbons (Fsp3) is 0.667. The third-order valence-corrected chi connectivity index (χ3v) is 5.59. The predicted molar refractivity (Wildman–Crippen MR) is 90.2 cm³/mol. The molecule has 1 atom stereocenters. The molecule has 2 rings (SSSR count). The number of sulfonamides is 1. The molecule has 24 heavy (non-hydrogen) atoms. The molecule has 0 aliphatic carbocycles. The minimum absolute atomic E-state index is 0.0383. The zero-order valence-corrected chi connectivity index (χ0v) is 15.1. The standard InChI is InChI=1S/C15H24N4O4S/c1-11-16-13(9-14(20)17-11)12-5-4-7-19(10-12)15(21)6-8-18(2)24(3,22)23/h9,12H,4-8,10H2,1-3H3,(H,16,17,20)/t12-/m1/s1. The first-order valence-corrected chi connectivity index (χ1v) is 9.78. The van der Waals surface area contributed by atoms with Gasteiger partial charge in [0.2, 0.25) is 15.9 Å². The largest absolute Gasteiger partial charge is 0.342 e. The molecule has 1 N–H and O–H groups in total. The first-order valence-electron chi connectivity index (χ1n) is 7.94. The van der Waals surface area contributed by atoms with Crippen LogP contribution in [-0.2, 0) is 14.8 Å². The summed E-state index contributed by atoms with van der Waals surface area (Å²) in [6.07, 6.45) is 2.99. The second-order valence-corrected chi connectivity index (χ2v) is 8.36.